The summed E-state index contributed by atoms with van der Waals surface area (Å²) in [6.45, 7) is 0.264. The number of carbonyl (C=O) groups is 2. The summed E-state index contributed by atoms with van der Waals surface area (Å²) >= 11 is 0. The summed E-state index contributed by atoms with van der Waals surface area (Å²) in [6, 6.07) is -0.875. The highest BCUT2D eigenvalue weighted by molar-refractivity contribution is 5.95. The summed E-state index contributed by atoms with van der Waals surface area (Å²) in [6.07, 6.45) is 2.16. The maximum atomic E-state index is 11.9. The molecular weight excluding hydrogens is 282 g/mol. The average molecular weight is 293 g/mol. The SMILES string of the molecule is O=C(NC(=O)n1cnc2c(=O)[nH]c(=O)[nH]c21)OCC1CC1. The van der Waals surface area contributed by atoms with Gasteiger partial charge in [0.2, 0.25) is 0 Å². The van der Waals surface area contributed by atoms with Crippen LogP contribution in [0.1, 0.15) is 12.8 Å². The van der Waals surface area contributed by atoms with Crippen molar-refractivity contribution in [1.82, 2.24) is 24.8 Å². The summed E-state index contributed by atoms with van der Waals surface area (Å²) in [5.41, 5.74) is -1.72. The molecule has 2 aromatic rings. The number of aromatic nitrogens is 4. The van der Waals surface area contributed by atoms with Crippen molar-refractivity contribution in [3.63, 3.8) is 0 Å². The third kappa shape index (κ3) is 2.68. The Morgan fingerprint density at radius 3 is 2.86 bits per heavy atom. The molecule has 110 valence electrons. The van der Waals surface area contributed by atoms with Gasteiger partial charge in [-0.15, -0.1) is 0 Å². The van der Waals surface area contributed by atoms with E-state index in [2.05, 4.69) is 9.97 Å². The lowest BCUT2D eigenvalue weighted by Crippen LogP contribution is -2.35. The average Bonchev–Trinajstić information content (AvgIpc) is 3.14. The molecule has 0 unspecified atom stereocenters. The summed E-state index contributed by atoms with van der Waals surface area (Å²) in [5.74, 6) is 0.370. The monoisotopic (exact) mass is 293 g/mol. The normalized spacial score (nSPS) is 14.1. The van der Waals surface area contributed by atoms with Crippen LogP contribution in [0, 0.1) is 5.92 Å². The molecule has 0 bridgehead atoms. The van der Waals surface area contributed by atoms with Gasteiger partial charge in [-0.2, -0.15) is 0 Å². The summed E-state index contributed by atoms with van der Waals surface area (Å²) in [7, 11) is 0. The number of H-pyrrole nitrogens is 2. The Morgan fingerprint density at radius 1 is 1.38 bits per heavy atom. The van der Waals surface area contributed by atoms with Gasteiger partial charge in [0.25, 0.3) is 5.56 Å². The molecule has 1 fully saturated rings. The molecule has 10 nitrogen and oxygen atoms in total. The zero-order valence-electron chi connectivity index (χ0n) is 10.7. The van der Waals surface area contributed by atoms with E-state index >= 15 is 0 Å². The number of carbonyl (C=O) groups excluding carboxylic acids is 2. The van der Waals surface area contributed by atoms with Gasteiger partial charge in [0.15, 0.2) is 11.2 Å². The Bertz CT molecular complexity index is 827. The minimum Gasteiger partial charge on any atom is -0.449 e. The highest BCUT2D eigenvalue weighted by Gasteiger charge is 2.24. The third-order valence-corrected chi connectivity index (χ3v) is 3.02. The molecule has 0 atom stereocenters. The predicted molar refractivity (Wildman–Crippen MR) is 69.0 cm³/mol. The van der Waals surface area contributed by atoms with Crippen LogP contribution < -0.4 is 16.6 Å². The number of aromatic amines is 2. The first-order valence-electron chi connectivity index (χ1n) is 6.22. The van der Waals surface area contributed by atoms with Crippen LogP contribution in [0.3, 0.4) is 0 Å². The first-order chi connectivity index (χ1) is 10.0. The lowest BCUT2D eigenvalue weighted by molar-refractivity contribution is 0.142. The zero-order chi connectivity index (χ0) is 15.0. The number of nitrogens with zero attached hydrogens (tertiary/aromatic N) is 2. The number of amides is 2. The van der Waals surface area contributed by atoms with E-state index in [1.165, 1.54) is 0 Å². The van der Waals surface area contributed by atoms with E-state index in [9.17, 15) is 19.2 Å². The van der Waals surface area contributed by atoms with Crippen molar-refractivity contribution in [2.45, 2.75) is 12.8 Å². The quantitative estimate of drug-likeness (QED) is 0.683. The topological polar surface area (TPSA) is 139 Å². The van der Waals surface area contributed by atoms with Crippen LogP contribution in [0.4, 0.5) is 9.59 Å². The van der Waals surface area contributed by atoms with Gasteiger partial charge < -0.3 is 4.74 Å². The smallest absolute Gasteiger partial charge is 0.415 e. The molecular formula is C11H11N5O5. The van der Waals surface area contributed by atoms with E-state index in [1.54, 1.807) is 0 Å². The maximum Gasteiger partial charge on any atom is 0.415 e. The van der Waals surface area contributed by atoms with Gasteiger partial charge in [0.05, 0.1) is 6.61 Å². The fourth-order valence-corrected chi connectivity index (χ4v) is 1.75. The van der Waals surface area contributed by atoms with Crippen LogP contribution in [0.25, 0.3) is 11.2 Å². The molecule has 21 heavy (non-hydrogen) atoms. The fourth-order valence-electron chi connectivity index (χ4n) is 1.75. The molecule has 0 radical (unpaired) electrons. The van der Waals surface area contributed by atoms with Crippen LogP contribution in [-0.2, 0) is 4.74 Å². The molecule has 2 heterocycles. The Hall–Kier alpha value is -2.91. The summed E-state index contributed by atoms with van der Waals surface area (Å²) < 4.78 is 5.70. The lowest BCUT2D eigenvalue weighted by atomic mass is 10.5. The molecule has 0 spiro atoms. The van der Waals surface area contributed by atoms with Crippen LogP contribution in [0.15, 0.2) is 15.9 Å². The fraction of sp³-hybridized carbons (Fsp3) is 0.364. The largest absolute Gasteiger partial charge is 0.449 e. The highest BCUT2D eigenvalue weighted by atomic mass is 16.5. The molecule has 10 heteroatoms. The zero-order valence-corrected chi connectivity index (χ0v) is 10.7. The van der Waals surface area contributed by atoms with E-state index in [4.69, 9.17) is 4.74 Å². The number of fused-ring (bicyclic) bond motifs is 1. The Labute approximate surface area is 116 Å². The molecule has 0 aliphatic heterocycles. The van der Waals surface area contributed by atoms with Crippen molar-refractivity contribution in [2.75, 3.05) is 6.61 Å². The Balaban J connectivity index is 1.79. The number of rotatable bonds is 2. The third-order valence-electron chi connectivity index (χ3n) is 3.02. The molecule has 0 saturated heterocycles. The summed E-state index contributed by atoms with van der Waals surface area (Å²) in [4.78, 5) is 53.9. The van der Waals surface area contributed by atoms with E-state index in [1.807, 2.05) is 10.3 Å². The molecule has 1 aliphatic carbocycles. The number of ether oxygens (including phenoxy) is 1. The van der Waals surface area contributed by atoms with E-state index < -0.39 is 23.4 Å². The molecule has 2 aromatic heterocycles. The highest BCUT2D eigenvalue weighted by Crippen LogP contribution is 2.28. The van der Waals surface area contributed by atoms with Gasteiger partial charge in [-0.3, -0.25) is 14.8 Å². The second-order valence-electron chi connectivity index (χ2n) is 4.69. The van der Waals surface area contributed by atoms with E-state index in [-0.39, 0.29) is 17.8 Å². The number of hydrogen-bond acceptors (Lipinski definition) is 6. The van der Waals surface area contributed by atoms with Gasteiger partial charge in [0.1, 0.15) is 6.33 Å². The number of hydrogen-bond donors (Lipinski definition) is 3. The van der Waals surface area contributed by atoms with Crippen molar-refractivity contribution in [3.8, 4) is 0 Å². The predicted octanol–water partition coefficient (Wildman–Crippen LogP) is -0.483. The van der Waals surface area contributed by atoms with Gasteiger partial charge in [-0.25, -0.2) is 29.3 Å². The maximum absolute atomic E-state index is 11.9. The van der Waals surface area contributed by atoms with Crippen molar-refractivity contribution >= 4 is 23.3 Å². The van der Waals surface area contributed by atoms with Crippen LogP contribution >= 0.6 is 0 Å². The summed E-state index contributed by atoms with van der Waals surface area (Å²) in [5, 5.41) is 1.99. The Kier molecular flexibility index (Phi) is 3.05. The minimum absolute atomic E-state index is 0.101. The molecule has 3 N–H and O–H groups in total. The number of imidazole rings is 1. The second kappa shape index (κ2) is 4.89. The molecule has 1 saturated carbocycles. The van der Waals surface area contributed by atoms with Gasteiger partial charge in [-0.05, 0) is 18.8 Å². The lowest BCUT2D eigenvalue weighted by Gasteiger charge is -2.05. The van der Waals surface area contributed by atoms with Crippen LogP contribution in [-0.4, -0.2) is 38.3 Å². The first kappa shape index (κ1) is 13.1. The second-order valence-corrected chi connectivity index (χ2v) is 4.69. The number of nitrogens with one attached hydrogen (secondary N) is 3. The van der Waals surface area contributed by atoms with Crippen molar-refractivity contribution in [1.29, 1.82) is 0 Å². The standard InChI is InChI=1S/C11H11N5O5/c17-8-6-7(13-9(18)14-8)16(4-12-6)10(19)15-11(20)21-3-5-1-2-5/h4-5H,1-3H2,(H,15,19,20)(H2,13,14,17,18). The van der Waals surface area contributed by atoms with Gasteiger partial charge in [-0.1, -0.05) is 0 Å². The molecule has 3 rings (SSSR count). The first-order valence-corrected chi connectivity index (χ1v) is 6.22. The van der Waals surface area contributed by atoms with Gasteiger partial charge >= 0.3 is 17.8 Å². The van der Waals surface area contributed by atoms with E-state index in [0.29, 0.717) is 5.92 Å². The van der Waals surface area contributed by atoms with Crippen molar-refractivity contribution in [3.05, 3.63) is 27.2 Å². The molecule has 1 aliphatic rings. The van der Waals surface area contributed by atoms with Crippen molar-refractivity contribution in [2.24, 2.45) is 5.92 Å². The van der Waals surface area contributed by atoms with Crippen LogP contribution in [0.5, 0.6) is 0 Å². The number of imide groups is 1. The molecule has 2 amide bonds. The minimum atomic E-state index is -0.888. The molecule has 0 aromatic carbocycles. The van der Waals surface area contributed by atoms with E-state index in [0.717, 1.165) is 23.7 Å². The van der Waals surface area contributed by atoms with Gasteiger partial charge in [0, 0.05) is 0 Å². The van der Waals surface area contributed by atoms with Crippen molar-refractivity contribution < 1.29 is 14.3 Å². The number of alkyl carbamates (subject to hydrolysis) is 1. The van der Waals surface area contributed by atoms with Crippen LogP contribution in [0.2, 0.25) is 0 Å². The Morgan fingerprint density at radius 2 is 2.14 bits per heavy atom.